The second-order valence-electron chi connectivity index (χ2n) is 8.29. The Balaban J connectivity index is 1.51. The van der Waals surface area contributed by atoms with E-state index in [2.05, 4.69) is 15.0 Å². The Hall–Kier alpha value is -3.15. The Kier molecular flexibility index (Phi) is 7.29. The van der Waals surface area contributed by atoms with E-state index in [4.69, 9.17) is 14.2 Å². The number of sulfonamides is 1. The summed E-state index contributed by atoms with van der Waals surface area (Å²) in [6, 6.07) is 10.8. The summed E-state index contributed by atoms with van der Waals surface area (Å²) in [6.07, 6.45) is 0. The summed E-state index contributed by atoms with van der Waals surface area (Å²) in [6.45, 7) is 6.20. The van der Waals surface area contributed by atoms with Crippen LogP contribution in [0, 0.1) is 12.8 Å². The zero-order valence-electron chi connectivity index (χ0n) is 19.8. The standard InChI is InChI=1S/C24H27N3O6S2/c1-14(2)21(27-35(29,30)18-9-10-19-20(13-18)33-12-11-32-19)23(28)26-24-25-22(15(3)34-24)16-5-7-17(31-4)8-6-16/h5-10,13-14,21,27H,11-12H2,1-4H3,(H,25,26,28)/t21-/m1/s1. The number of rotatable bonds is 8. The number of ether oxygens (including phenoxy) is 3. The smallest absolute Gasteiger partial charge is 0.244 e. The van der Waals surface area contributed by atoms with Gasteiger partial charge in [0.15, 0.2) is 16.6 Å². The summed E-state index contributed by atoms with van der Waals surface area (Å²) in [4.78, 5) is 18.6. The molecule has 0 bridgehead atoms. The molecule has 0 fully saturated rings. The third-order valence-electron chi connectivity index (χ3n) is 5.45. The molecule has 0 aliphatic carbocycles. The van der Waals surface area contributed by atoms with Crippen LogP contribution in [0.5, 0.6) is 17.2 Å². The lowest BCUT2D eigenvalue weighted by Gasteiger charge is -2.22. The first kappa shape index (κ1) is 25.0. The SMILES string of the molecule is COc1ccc(-c2nc(NC(=O)[C@H](NS(=O)(=O)c3ccc4c(c3)OCCO4)C(C)C)sc2C)cc1. The first-order chi connectivity index (χ1) is 16.7. The van der Waals surface area contributed by atoms with Gasteiger partial charge in [0.1, 0.15) is 25.0 Å². The molecule has 1 aromatic heterocycles. The summed E-state index contributed by atoms with van der Waals surface area (Å²) < 4.78 is 44.8. The average Bonchev–Trinajstić information content (AvgIpc) is 3.21. The lowest BCUT2D eigenvalue weighted by molar-refractivity contribution is -0.118. The summed E-state index contributed by atoms with van der Waals surface area (Å²) in [7, 11) is -2.40. The highest BCUT2D eigenvalue weighted by Gasteiger charge is 2.30. The lowest BCUT2D eigenvalue weighted by atomic mass is 10.1. The van der Waals surface area contributed by atoms with Crippen LogP contribution in [-0.2, 0) is 14.8 Å². The van der Waals surface area contributed by atoms with Crippen LogP contribution in [0.1, 0.15) is 18.7 Å². The molecule has 1 aliphatic rings. The number of aryl methyl sites for hydroxylation is 1. The zero-order chi connectivity index (χ0) is 25.2. The van der Waals surface area contributed by atoms with E-state index < -0.39 is 22.0 Å². The van der Waals surface area contributed by atoms with Crippen molar-refractivity contribution in [3.05, 3.63) is 47.3 Å². The van der Waals surface area contributed by atoms with Crippen molar-refractivity contribution < 1.29 is 27.4 Å². The number of nitrogens with zero attached hydrogens (tertiary/aromatic N) is 1. The lowest BCUT2D eigenvalue weighted by Crippen LogP contribution is -2.47. The van der Waals surface area contributed by atoms with Gasteiger partial charge in [0.2, 0.25) is 15.9 Å². The van der Waals surface area contributed by atoms with Gasteiger partial charge in [-0.2, -0.15) is 4.72 Å². The number of aromatic nitrogens is 1. The van der Waals surface area contributed by atoms with Crippen molar-refractivity contribution in [1.82, 2.24) is 9.71 Å². The molecular formula is C24H27N3O6S2. The molecule has 4 rings (SSSR count). The van der Waals surface area contributed by atoms with Crippen molar-refractivity contribution >= 4 is 32.4 Å². The summed E-state index contributed by atoms with van der Waals surface area (Å²) in [5, 5.41) is 3.16. The highest BCUT2D eigenvalue weighted by Crippen LogP contribution is 2.33. The van der Waals surface area contributed by atoms with E-state index in [1.807, 2.05) is 31.2 Å². The number of anilines is 1. The number of carbonyl (C=O) groups is 1. The first-order valence-corrected chi connectivity index (χ1v) is 13.3. The molecule has 1 atom stereocenters. The number of benzene rings is 2. The van der Waals surface area contributed by atoms with Crippen molar-refractivity contribution in [3.63, 3.8) is 0 Å². The minimum atomic E-state index is -4.00. The number of carbonyl (C=O) groups excluding carboxylic acids is 1. The molecule has 3 aromatic rings. The van der Waals surface area contributed by atoms with Gasteiger partial charge in [-0.05, 0) is 49.2 Å². The molecular weight excluding hydrogens is 490 g/mol. The molecule has 2 aromatic carbocycles. The Bertz CT molecular complexity index is 1320. The summed E-state index contributed by atoms with van der Waals surface area (Å²) in [5.74, 6) is 0.773. The molecule has 1 amide bonds. The largest absolute Gasteiger partial charge is 0.497 e. The Labute approximate surface area is 208 Å². The maximum absolute atomic E-state index is 13.1. The maximum Gasteiger partial charge on any atom is 0.244 e. The van der Waals surface area contributed by atoms with E-state index in [0.717, 1.165) is 21.9 Å². The average molecular weight is 518 g/mol. The third kappa shape index (κ3) is 5.58. The van der Waals surface area contributed by atoms with E-state index in [0.29, 0.717) is 29.8 Å². The Morgan fingerprint density at radius 3 is 2.43 bits per heavy atom. The molecule has 0 spiro atoms. The van der Waals surface area contributed by atoms with Crippen LogP contribution in [0.15, 0.2) is 47.4 Å². The molecule has 0 unspecified atom stereocenters. The number of hydrogen-bond donors (Lipinski definition) is 2. The minimum Gasteiger partial charge on any atom is -0.497 e. The van der Waals surface area contributed by atoms with E-state index >= 15 is 0 Å². The molecule has 35 heavy (non-hydrogen) atoms. The van der Waals surface area contributed by atoms with Crippen molar-refractivity contribution in [2.75, 3.05) is 25.6 Å². The van der Waals surface area contributed by atoms with E-state index in [1.165, 1.54) is 23.5 Å². The fraction of sp³-hybridized carbons (Fsp3) is 0.333. The zero-order valence-corrected chi connectivity index (χ0v) is 21.5. The molecule has 0 radical (unpaired) electrons. The molecule has 1 aliphatic heterocycles. The molecule has 0 saturated heterocycles. The number of thiazole rings is 1. The Morgan fingerprint density at radius 1 is 1.09 bits per heavy atom. The molecule has 9 nitrogen and oxygen atoms in total. The molecule has 186 valence electrons. The van der Waals surface area contributed by atoms with Gasteiger partial charge in [0.25, 0.3) is 0 Å². The molecule has 2 N–H and O–H groups in total. The number of amides is 1. The maximum atomic E-state index is 13.1. The first-order valence-electron chi connectivity index (χ1n) is 11.0. The second-order valence-corrected chi connectivity index (χ2v) is 11.2. The third-order valence-corrected chi connectivity index (χ3v) is 7.77. The number of hydrogen-bond acceptors (Lipinski definition) is 8. The van der Waals surface area contributed by atoms with Crippen molar-refractivity contribution in [1.29, 1.82) is 0 Å². The number of nitrogens with one attached hydrogen (secondary N) is 2. The predicted octanol–water partition coefficient (Wildman–Crippen LogP) is 3.84. The van der Waals surface area contributed by atoms with Crippen LogP contribution in [0.25, 0.3) is 11.3 Å². The monoisotopic (exact) mass is 517 g/mol. The van der Waals surface area contributed by atoms with Gasteiger partial charge in [-0.25, -0.2) is 13.4 Å². The highest BCUT2D eigenvalue weighted by molar-refractivity contribution is 7.89. The van der Waals surface area contributed by atoms with Crippen molar-refractivity contribution in [3.8, 4) is 28.5 Å². The predicted molar refractivity (Wildman–Crippen MR) is 134 cm³/mol. The Morgan fingerprint density at radius 2 is 1.77 bits per heavy atom. The van der Waals surface area contributed by atoms with E-state index in [9.17, 15) is 13.2 Å². The van der Waals surface area contributed by atoms with Crippen LogP contribution in [-0.4, -0.2) is 45.7 Å². The fourth-order valence-electron chi connectivity index (χ4n) is 3.57. The van der Waals surface area contributed by atoms with Gasteiger partial charge in [-0.15, -0.1) is 11.3 Å². The number of fused-ring (bicyclic) bond motifs is 1. The topological polar surface area (TPSA) is 116 Å². The highest BCUT2D eigenvalue weighted by atomic mass is 32.2. The molecule has 2 heterocycles. The van der Waals surface area contributed by atoms with Crippen LogP contribution < -0.4 is 24.2 Å². The van der Waals surface area contributed by atoms with Gasteiger partial charge >= 0.3 is 0 Å². The fourth-order valence-corrected chi connectivity index (χ4v) is 5.77. The number of methoxy groups -OCH3 is 1. The van der Waals surface area contributed by atoms with Gasteiger partial charge in [0, 0.05) is 16.5 Å². The van der Waals surface area contributed by atoms with Crippen LogP contribution in [0.3, 0.4) is 0 Å². The van der Waals surface area contributed by atoms with Crippen LogP contribution in [0.4, 0.5) is 5.13 Å². The molecule has 0 saturated carbocycles. The van der Waals surface area contributed by atoms with Gasteiger partial charge < -0.3 is 19.5 Å². The van der Waals surface area contributed by atoms with E-state index in [-0.39, 0.29) is 10.8 Å². The minimum absolute atomic E-state index is 0.00733. The van der Waals surface area contributed by atoms with Gasteiger partial charge in [0.05, 0.1) is 17.7 Å². The summed E-state index contributed by atoms with van der Waals surface area (Å²) >= 11 is 1.32. The second kappa shape index (κ2) is 10.2. The van der Waals surface area contributed by atoms with Gasteiger partial charge in [-0.3, -0.25) is 4.79 Å². The summed E-state index contributed by atoms with van der Waals surface area (Å²) in [5.41, 5.74) is 1.63. The van der Waals surface area contributed by atoms with Crippen molar-refractivity contribution in [2.24, 2.45) is 5.92 Å². The van der Waals surface area contributed by atoms with E-state index in [1.54, 1.807) is 27.0 Å². The quantitative estimate of drug-likeness (QED) is 0.466. The normalized spacial score (nSPS) is 14.0. The van der Waals surface area contributed by atoms with Crippen molar-refractivity contribution in [2.45, 2.75) is 31.7 Å². The molecule has 11 heteroatoms. The van der Waals surface area contributed by atoms with Crippen LogP contribution >= 0.6 is 11.3 Å². The van der Waals surface area contributed by atoms with Gasteiger partial charge in [-0.1, -0.05) is 13.8 Å². The van der Waals surface area contributed by atoms with Crippen LogP contribution in [0.2, 0.25) is 0 Å².